The molecule has 0 aliphatic carbocycles. The van der Waals surface area contributed by atoms with Gasteiger partial charge in [-0.05, 0) is 38.7 Å². The number of rotatable bonds is 4. The molecular formula is C17H26N4O3. The molecule has 0 atom stereocenters. The Morgan fingerprint density at radius 1 is 1.33 bits per heavy atom. The molecule has 0 unspecified atom stereocenters. The molecule has 2 aliphatic heterocycles. The predicted octanol–water partition coefficient (Wildman–Crippen LogP) is 1.21. The van der Waals surface area contributed by atoms with E-state index in [1.165, 1.54) is 0 Å². The van der Waals surface area contributed by atoms with Gasteiger partial charge in [-0.2, -0.15) is 5.10 Å². The number of piperidine rings is 2. The number of amides is 2. The highest BCUT2D eigenvalue weighted by Gasteiger charge is 2.46. The maximum Gasteiger partial charge on any atom is 0.274 e. The summed E-state index contributed by atoms with van der Waals surface area (Å²) in [5.74, 6) is 0.196. The molecule has 2 fully saturated rings. The lowest BCUT2D eigenvalue weighted by Crippen LogP contribution is -2.54. The average Bonchev–Trinajstić information content (AvgIpc) is 3.03. The number of methoxy groups -OCH3 is 1. The summed E-state index contributed by atoms with van der Waals surface area (Å²) >= 11 is 0. The largest absolute Gasteiger partial charge is 0.383 e. The molecule has 7 nitrogen and oxygen atoms in total. The Bertz CT molecular complexity index is 605. The van der Waals surface area contributed by atoms with Gasteiger partial charge in [0.05, 0.1) is 12.0 Å². The molecule has 7 heteroatoms. The van der Waals surface area contributed by atoms with Crippen molar-refractivity contribution in [3.63, 3.8) is 0 Å². The van der Waals surface area contributed by atoms with Gasteiger partial charge in [0.15, 0.2) is 0 Å². The molecule has 0 saturated carbocycles. The summed E-state index contributed by atoms with van der Waals surface area (Å²) in [6, 6.07) is 1.77. The lowest BCUT2D eigenvalue weighted by atomic mass is 9.71. The first-order valence-corrected chi connectivity index (χ1v) is 8.65. The van der Waals surface area contributed by atoms with Gasteiger partial charge in [-0.15, -0.1) is 0 Å². The molecule has 3 rings (SSSR count). The zero-order chi connectivity index (χ0) is 17.2. The second kappa shape index (κ2) is 6.93. The SMILES string of the molecule is COCCN1CCCC2(CCN(C(=O)c3cc(C)[nH]n3)CC2)C1=O. The van der Waals surface area contributed by atoms with Crippen LogP contribution in [0.5, 0.6) is 0 Å². The van der Waals surface area contributed by atoms with E-state index in [-0.39, 0.29) is 17.2 Å². The summed E-state index contributed by atoms with van der Waals surface area (Å²) in [7, 11) is 1.66. The molecule has 2 aliphatic rings. The van der Waals surface area contributed by atoms with E-state index in [4.69, 9.17) is 4.74 Å². The number of hydrogen-bond donors (Lipinski definition) is 1. The average molecular weight is 334 g/mol. The van der Waals surface area contributed by atoms with E-state index in [0.717, 1.165) is 37.9 Å². The Balaban J connectivity index is 1.63. The van der Waals surface area contributed by atoms with Gasteiger partial charge in [0.2, 0.25) is 5.91 Å². The summed E-state index contributed by atoms with van der Waals surface area (Å²) in [4.78, 5) is 29.2. The summed E-state index contributed by atoms with van der Waals surface area (Å²) in [5.41, 5.74) is 1.05. The van der Waals surface area contributed by atoms with Gasteiger partial charge >= 0.3 is 0 Å². The van der Waals surface area contributed by atoms with Crippen molar-refractivity contribution < 1.29 is 14.3 Å². The number of ether oxygens (including phenoxy) is 1. The normalized spacial score (nSPS) is 20.7. The van der Waals surface area contributed by atoms with Crippen LogP contribution in [0.25, 0.3) is 0 Å². The maximum atomic E-state index is 12.9. The van der Waals surface area contributed by atoms with Gasteiger partial charge in [-0.3, -0.25) is 14.7 Å². The lowest BCUT2D eigenvalue weighted by Gasteiger charge is -2.46. The minimum Gasteiger partial charge on any atom is -0.383 e. The van der Waals surface area contributed by atoms with E-state index in [1.807, 2.05) is 16.7 Å². The van der Waals surface area contributed by atoms with E-state index in [0.29, 0.717) is 31.9 Å². The molecular weight excluding hydrogens is 308 g/mol. The van der Waals surface area contributed by atoms with Gasteiger partial charge in [0.25, 0.3) is 5.91 Å². The van der Waals surface area contributed by atoms with Crippen molar-refractivity contribution >= 4 is 11.8 Å². The molecule has 2 saturated heterocycles. The summed E-state index contributed by atoms with van der Waals surface area (Å²) in [5, 5.41) is 6.86. The zero-order valence-corrected chi connectivity index (χ0v) is 14.5. The molecule has 0 bridgehead atoms. The highest BCUT2D eigenvalue weighted by Crippen LogP contribution is 2.41. The third-order valence-corrected chi connectivity index (χ3v) is 5.32. The second-order valence-electron chi connectivity index (χ2n) is 6.90. The van der Waals surface area contributed by atoms with Gasteiger partial charge in [-0.1, -0.05) is 0 Å². The van der Waals surface area contributed by atoms with Gasteiger partial charge in [-0.25, -0.2) is 0 Å². The van der Waals surface area contributed by atoms with Crippen LogP contribution in [-0.4, -0.2) is 71.7 Å². The Hall–Kier alpha value is -1.89. The molecule has 132 valence electrons. The number of hydrogen-bond acceptors (Lipinski definition) is 4. The van der Waals surface area contributed by atoms with Crippen molar-refractivity contribution in [2.24, 2.45) is 5.41 Å². The number of H-pyrrole nitrogens is 1. The highest BCUT2D eigenvalue weighted by atomic mass is 16.5. The molecule has 1 aromatic rings. The Morgan fingerprint density at radius 3 is 2.71 bits per heavy atom. The van der Waals surface area contributed by atoms with Crippen LogP contribution in [0.1, 0.15) is 41.9 Å². The first-order valence-electron chi connectivity index (χ1n) is 8.65. The number of likely N-dealkylation sites (tertiary alicyclic amines) is 2. The summed E-state index contributed by atoms with van der Waals surface area (Å²) in [6.07, 6.45) is 3.44. The summed E-state index contributed by atoms with van der Waals surface area (Å²) in [6.45, 7) is 5.17. The van der Waals surface area contributed by atoms with Gasteiger partial charge < -0.3 is 14.5 Å². The molecule has 1 aromatic heterocycles. The fourth-order valence-corrected chi connectivity index (χ4v) is 3.86. The molecule has 1 spiro atoms. The fourth-order valence-electron chi connectivity index (χ4n) is 3.86. The van der Waals surface area contributed by atoms with Crippen molar-refractivity contribution in [1.29, 1.82) is 0 Å². The monoisotopic (exact) mass is 334 g/mol. The quantitative estimate of drug-likeness (QED) is 0.898. The van der Waals surface area contributed by atoms with Gasteiger partial charge in [0, 0.05) is 39.0 Å². The fraction of sp³-hybridized carbons (Fsp3) is 0.706. The third-order valence-electron chi connectivity index (χ3n) is 5.32. The topological polar surface area (TPSA) is 78.5 Å². The number of carbonyl (C=O) groups excluding carboxylic acids is 2. The number of nitrogens with zero attached hydrogens (tertiary/aromatic N) is 3. The van der Waals surface area contributed by atoms with E-state index in [2.05, 4.69) is 10.2 Å². The van der Waals surface area contributed by atoms with E-state index in [9.17, 15) is 9.59 Å². The van der Waals surface area contributed by atoms with Crippen LogP contribution in [0.3, 0.4) is 0 Å². The number of nitrogens with one attached hydrogen (secondary N) is 1. The Labute approximate surface area is 142 Å². The lowest BCUT2D eigenvalue weighted by molar-refractivity contribution is -0.150. The van der Waals surface area contributed by atoms with Gasteiger partial charge in [0.1, 0.15) is 5.69 Å². The van der Waals surface area contributed by atoms with Crippen LogP contribution in [0.2, 0.25) is 0 Å². The van der Waals surface area contributed by atoms with E-state index < -0.39 is 0 Å². The minimum absolute atomic E-state index is 0.0475. The molecule has 24 heavy (non-hydrogen) atoms. The van der Waals surface area contributed by atoms with Crippen molar-refractivity contribution in [1.82, 2.24) is 20.0 Å². The first kappa shape index (κ1) is 17.0. The van der Waals surface area contributed by atoms with Crippen molar-refractivity contribution in [2.75, 3.05) is 39.9 Å². The zero-order valence-electron chi connectivity index (χ0n) is 14.5. The first-order chi connectivity index (χ1) is 11.6. The number of aromatic nitrogens is 2. The van der Waals surface area contributed by atoms with E-state index in [1.54, 1.807) is 13.2 Å². The molecule has 0 aromatic carbocycles. The Kier molecular flexibility index (Phi) is 4.89. The number of aromatic amines is 1. The van der Waals surface area contributed by atoms with Crippen molar-refractivity contribution in [3.8, 4) is 0 Å². The van der Waals surface area contributed by atoms with Crippen molar-refractivity contribution in [2.45, 2.75) is 32.6 Å². The Morgan fingerprint density at radius 2 is 2.08 bits per heavy atom. The van der Waals surface area contributed by atoms with E-state index >= 15 is 0 Å². The standard InChI is InChI=1S/C17H26N4O3/c1-13-12-14(19-18-13)15(22)20-8-5-17(6-9-20)4-3-7-21(16(17)23)10-11-24-2/h12H,3-11H2,1-2H3,(H,18,19). The molecule has 2 amide bonds. The van der Waals surface area contributed by atoms with Crippen molar-refractivity contribution in [3.05, 3.63) is 17.5 Å². The minimum atomic E-state index is -0.287. The maximum absolute atomic E-state index is 12.9. The molecule has 1 N–H and O–H groups in total. The third kappa shape index (κ3) is 3.17. The van der Waals surface area contributed by atoms with Crippen LogP contribution < -0.4 is 0 Å². The molecule has 0 radical (unpaired) electrons. The predicted molar refractivity (Wildman–Crippen MR) is 88.6 cm³/mol. The second-order valence-corrected chi connectivity index (χ2v) is 6.90. The molecule has 3 heterocycles. The number of carbonyl (C=O) groups is 2. The smallest absolute Gasteiger partial charge is 0.274 e. The van der Waals surface area contributed by atoms with Crippen LogP contribution in [0, 0.1) is 12.3 Å². The van der Waals surface area contributed by atoms with Crippen LogP contribution >= 0.6 is 0 Å². The van der Waals surface area contributed by atoms with Crippen LogP contribution in [0.15, 0.2) is 6.07 Å². The van der Waals surface area contributed by atoms with Crippen LogP contribution in [-0.2, 0) is 9.53 Å². The summed E-state index contributed by atoms with van der Waals surface area (Å²) < 4.78 is 5.11. The highest BCUT2D eigenvalue weighted by molar-refractivity contribution is 5.92. The van der Waals surface area contributed by atoms with Crippen LogP contribution in [0.4, 0.5) is 0 Å². The number of aryl methyl sites for hydroxylation is 1.